The van der Waals surface area contributed by atoms with Crippen molar-refractivity contribution in [2.75, 3.05) is 0 Å². The van der Waals surface area contributed by atoms with E-state index in [1.165, 1.54) is 14.6 Å². The van der Waals surface area contributed by atoms with Crippen molar-refractivity contribution in [1.29, 1.82) is 0 Å². The molecule has 0 spiro atoms. The molecule has 0 bridgehead atoms. The van der Waals surface area contributed by atoms with Gasteiger partial charge in [0.05, 0.1) is 5.25 Å². The van der Waals surface area contributed by atoms with Gasteiger partial charge in [0, 0.05) is 14.6 Å². The largest absolute Gasteiger partial charge is 0.155 e. The Hall–Kier alpha value is -1.39. The third-order valence-corrected chi connectivity index (χ3v) is 6.71. The zero-order chi connectivity index (χ0) is 13.3. The first-order chi connectivity index (χ1) is 9.26. The van der Waals surface area contributed by atoms with Gasteiger partial charge in [-0.15, -0.1) is 47.3 Å². The fourth-order valence-corrected chi connectivity index (χ4v) is 5.06. The summed E-state index contributed by atoms with van der Waals surface area (Å²) in [5.41, 5.74) is 0. The van der Waals surface area contributed by atoms with Gasteiger partial charge in [-0.25, -0.2) is 0 Å². The van der Waals surface area contributed by atoms with Crippen molar-refractivity contribution in [3.05, 3.63) is 46.7 Å². The fourth-order valence-electron chi connectivity index (χ4n) is 1.92. The molecule has 0 radical (unpaired) electrons. The first-order valence-electron chi connectivity index (χ1n) is 5.73. The van der Waals surface area contributed by atoms with Crippen LogP contribution in [0.3, 0.4) is 0 Å². The molecule has 1 unspecified atom stereocenters. The summed E-state index contributed by atoms with van der Waals surface area (Å²) in [5, 5.41) is 2.37. The van der Waals surface area contributed by atoms with Gasteiger partial charge in [-0.1, -0.05) is 24.0 Å². The molecule has 3 heterocycles. The lowest BCUT2D eigenvalue weighted by molar-refractivity contribution is 1.27. The van der Waals surface area contributed by atoms with Crippen molar-refractivity contribution in [2.45, 2.75) is 10.00 Å². The lowest BCUT2D eigenvalue weighted by Crippen LogP contribution is -2.12. The molecule has 0 saturated heterocycles. The van der Waals surface area contributed by atoms with Gasteiger partial charge in [0.1, 0.15) is 0 Å². The van der Waals surface area contributed by atoms with Gasteiger partial charge in [-0.05, 0) is 29.7 Å². The van der Waals surface area contributed by atoms with E-state index in [2.05, 4.69) is 47.6 Å². The van der Waals surface area contributed by atoms with Crippen molar-refractivity contribution < 1.29 is 0 Å². The Bertz CT molecular complexity index is 675. The summed E-state index contributed by atoms with van der Waals surface area (Å²) in [4.78, 5) is 3.92. The van der Waals surface area contributed by atoms with Crippen LogP contribution in [0.1, 0.15) is 10.1 Å². The Labute approximate surface area is 125 Å². The van der Waals surface area contributed by atoms with Gasteiger partial charge in [0.25, 0.3) is 0 Å². The maximum absolute atomic E-state index is 5.54. The number of thioether (sulfide) groups is 1. The normalized spacial score (nSPS) is 20.0. The van der Waals surface area contributed by atoms with E-state index in [1.54, 1.807) is 23.1 Å². The predicted molar refractivity (Wildman–Crippen MR) is 87.5 cm³/mol. The zero-order valence-electron chi connectivity index (χ0n) is 10.00. The Morgan fingerprint density at radius 2 is 1.95 bits per heavy atom. The van der Waals surface area contributed by atoms with E-state index < -0.39 is 4.75 Å². The van der Waals surface area contributed by atoms with E-state index in [0.717, 1.165) is 0 Å². The monoisotopic (exact) mass is 298 g/mol. The molecule has 3 heteroatoms. The molecule has 1 aliphatic heterocycles. The molecular weight excluding hydrogens is 288 g/mol. The van der Waals surface area contributed by atoms with Crippen LogP contribution in [0.5, 0.6) is 0 Å². The highest BCUT2D eigenvalue weighted by atomic mass is 32.2. The first-order valence-corrected chi connectivity index (χ1v) is 8.30. The van der Waals surface area contributed by atoms with Crippen LogP contribution in [0.25, 0.3) is 9.75 Å². The van der Waals surface area contributed by atoms with E-state index in [0.29, 0.717) is 0 Å². The summed E-state index contributed by atoms with van der Waals surface area (Å²) in [6, 6.07) is 8.56. The van der Waals surface area contributed by atoms with Crippen molar-refractivity contribution >= 4 is 34.4 Å². The van der Waals surface area contributed by atoms with Crippen molar-refractivity contribution in [3.8, 4) is 34.4 Å². The Balaban J connectivity index is 1.85. The molecule has 0 aliphatic carbocycles. The van der Waals surface area contributed by atoms with Crippen LogP contribution < -0.4 is 0 Å². The maximum atomic E-state index is 5.54. The molecule has 19 heavy (non-hydrogen) atoms. The molecule has 0 amide bonds. The predicted octanol–water partition coefficient (Wildman–Crippen LogP) is 4.83. The Morgan fingerprint density at radius 1 is 1.11 bits per heavy atom. The first kappa shape index (κ1) is 12.6. The molecule has 0 fully saturated rings. The van der Waals surface area contributed by atoms with Gasteiger partial charge >= 0.3 is 0 Å². The number of hydrogen-bond donors (Lipinski definition) is 0. The van der Waals surface area contributed by atoms with Crippen molar-refractivity contribution in [2.24, 2.45) is 0 Å². The lowest BCUT2D eigenvalue weighted by Gasteiger charge is -2.14. The highest BCUT2D eigenvalue weighted by Crippen LogP contribution is 2.48. The molecule has 1 atom stereocenters. The van der Waals surface area contributed by atoms with Crippen LogP contribution in [-0.2, 0) is 0 Å². The van der Waals surface area contributed by atoms with Gasteiger partial charge in [-0.3, -0.25) is 0 Å². The SMILES string of the molecule is C#CC1(C#C)C=CC(c2ccc(-c3cccs3)s2)S1. The number of thiophene rings is 2. The zero-order valence-corrected chi connectivity index (χ0v) is 12.4. The summed E-state index contributed by atoms with van der Waals surface area (Å²) in [7, 11) is 0. The highest BCUT2D eigenvalue weighted by Gasteiger charge is 2.33. The minimum atomic E-state index is -0.572. The van der Waals surface area contributed by atoms with Crippen molar-refractivity contribution in [3.63, 3.8) is 0 Å². The second-order valence-corrected chi connectivity index (χ2v) is 7.55. The Kier molecular flexibility index (Phi) is 3.29. The quantitative estimate of drug-likeness (QED) is 0.565. The van der Waals surface area contributed by atoms with Gasteiger partial charge in [-0.2, -0.15) is 0 Å². The third-order valence-electron chi connectivity index (χ3n) is 2.92. The molecule has 0 N–H and O–H groups in total. The maximum Gasteiger partial charge on any atom is 0.155 e. The van der Waals surface area contributed by atoms with Gasteiger partial charge < -0.3 is 0 Å². The average Bonchev–Trinajstić information content (AvgIpc) is 3.17. The summed E-state index contributed by atoms with van der Waals surface area (Å²) in [6.07, 6.45) is 15.2. The summed E-state index contributed by atoms with van der Waals surface area (Å²) < 4.78 is -0.572. The number of terminal acetylenes is 2. The molecule has 0 nitrogen and oxygen atoms in total. The lowest BCUT2D eigenvalue weighted by atomic mass is 10.1. The van der Waals surface area contributed by atoms with E-state index in [4.69, 9.17) is 12.8 Å². The van der Waals surface area contributed by atoms with E-state index in [9.17, 15) is 0 Å². The summed E-state index contributed by atoms with van der Waals surface area (Å²) in [6.45, 7) is 0. The summed E-state index contributed by atoms with van der Waals surface area (Å²) in [5.74, 6) is 5.42. The van der Waals surface area contributed by atoms with Crippen molar-refractivity contribution in [1.82, 2.24) is 0 Å². The molecule has 0 saturated carbocycles. The molecule has 1 aliphatic rings. The van der Waals surface area contributed by atoms with Gasteiger partial charge in [0.15, 0.2) is 4.75 Å². The van der Waals surface area contributed by atoms with Crippen LogP contribution in [-0.4, -0.2) is 4.75 Å². The Morgan fingerprint density at radius 3 is 2.58 bits per heavy atom. The second-order valence-electron chi connectivity index (χ2n) is 4.10. The smallest absolute Gasteiger partial charge is 0.143 e. The fraction of sp³-hybridized carbons (Fsp3) is 0.125. The van der Waals surface area contributed by atoms with Crippen LogP contribution in [0.4, 0.5) is 0 Å². The molecule has 2 aromatic heterocycles. The van der Waals surface area contributed by atoms with Crippen LogP contribution in [0.15, 0.2) is 41.8 Å². The standard InChI is InChI=1S/C16H10S3/c1-3-16(4-2)10-9-15(19-16)14-8-7-13(18-14)12-6-5-11-17-12/h1-2,5-11,15H. The summed E-state index contributed by atoms with van der Waals surface area (Å²) >= 11 is 5.22. The van der Waals surface area contributed by atoms with Crippen LogP contribution >= 0.6 is 34.4 Å². The second kappa shape index (κ2) is 4.94. The highest BCUT2D eigenvalue weighted by molar-refractivity contribution is 8.02. The molecule has 92 valence electrons. The van der Waals surface area contributed by atoms with Gasteiger partial charge in [0.2, 0.25) is 0 Å². The minimum Gasteiger partial charge on any atom is -0.143 e. The molecule has 3 rings (SSSR count). The molecule has 0 aromatic carbocycles. The average molecular weight is 298 g/mol. The molecule has 2 aromatic rings. The van der Waals surface area contributed by atoms with E-state index >= 15 is 0 Å². The number of rotatable bonds is 2. The minimum absolute atomic E-state index is 0.269. The van der Waals surface area contributed by atoms with Crippen LogP contribution in [0, 0.1) is 24.7 Å². The van der Waals surface area contributed by atoms with E-state index in [-0.39, 0.29) is 5.25 Å². The topological polar surface area (TPSA) is 0 Å². The van der Waals surface area contributed by atoms with E-state index in [1.807, 2.05) is 17.4 Å². The molecular formula is C16H10S3. The van der Waals surface area contributed by atoms with Crippen LogP contribution in [0.2, 0.25) is 0 Å². The third kappa shape index (κ3) is 2.26. The number of hydrogen-bond acceptors (Lipinski definition) is 3.